The molecule has 207 valence electrons. The second-order valence-electron chi connectivity index (χ2n) is 8.71. The van der Waals surface area contributed by atoms with E-state index in [1.165, 1.54) is 6.33 Å². The summed E-state index contributed by atoms with van der Waals surface area (Å²) in [5, 5.41) is 13.2. The number of nitrogens with zero attached hydrogens (tertiary/aromatic N) is 4. The molecule has 1 radical (unpaired) electrons. The van der Waals surface area contributed by atoms with Crippen molar-refractivity contribution >= 4 is 34.1 Å². The predicted octanol–water partition coefficient (Wildman–Crippen LogP) is 4.10. The molecular weight excluding hydrogens is 520 g/mol. The third-order valence-corrected chi connectivity index (χ3v) is 5.80. The highest BCUT2D eigenvalue weighted by molar-refractivity contribution is 5.93. The summed E-state index contributed by atoms with van der Waals surface area (Å²) in [6.45, 7) is 6.25. The lowest BCUT2D eigenvalue weighted by Gasteiger charge is -2.18. The number of hydrogen-bond acceptors (Lipinski definition) is 8. The lowest BCUT2D eigenvalue weighted by Crippen LogP contribution is -2.26. The maximum absolute atomic E-state index is 13.4. The molecule has 0 fully saturated rings. The Morgan fingerprint density at radius 3 is 2.67 bits per heavy atom. The summed E-state index contributed by atoms with van der Waals surface area (Å²) in [5.41, 5.74) is 1.12. The lowest BCUT2D eigenvalue weighted by molar-refractivity contribution is -0.115. The highest BCUT2D eigenvalue weighted by Gasteiger charge is 2.14. The van der Waals surface area contributed by atoms with Gasteiger partial charge in [-0.3, -0.25) is 14.8 Å². The van der Waals surface area contributed by atoms with Crippen LogP contribution in [-0.4, -0.2) is 64.3 Å². The van der Waals surface area contributed by atoms with Gasteiger partial charge in [-0.2, -0.15) is 5.10 Å². The molecule has 2 heterocycles. The standard InChI is InChI=1S/C28H28F2N7O3/c1-4-7-37(5-2)8-6-9-40-25-16-23-22(15-24(25)39-3)28(32-17-31-23)34-26-13-21(35-36-26)14-27(38)33-20-11-18(29)10-19(30)12-20/h1,10-13,15-17H,2,5-9,14H2,3H3,(H,33,38)(H2,31,32,34,35,36). The highest BCUT2D eigenvalue weighted by atomic mass is 19.1. The summed E-state index contributed by atoms with van der Waals surface area (Å²) in [7, 11) is 1.55. The van der Waals surface area contributed by atoms with Gasteiger partial charge in [0.15, 0.2) is 17.3 Å². The van der Waals surface area contributed by atoms with E-state index in [1.54, 1.807) is 25.3 Å². The number of carbonyl (C=O) groups excluding carboxylic acids is 1. The zero-order valence-electron chi connectivity index (χ0n) is 21.8. The molecule has 0 aliphatic heterocycles. The van der Waals surface area contributed by atoms with Crippen molar-refractivity contribution in [1.29, 1.82) is 0 Å². The summed E-state index contributed by atoms with van der Waals surface area (Å²) < 4.78 is 38.3. The number of aromatic nitrogens is 4. The molecule has 10 nitrogen and oxygen atoms in total. The number of fused-ring (bicyclic) bond motifs is 1. The van der Waals surface area contributed by atoms with Crippen molar-refractivity contribution in [3.05, 3.63) is 67.0 Å². The maximum atomic E-state index is 13.4. The van der Waals surface area contributed by atoms with Gasteiger partial charge in [0.1, 0.15) is 23.8 Å². The van der Waals surface area contributed by atoms with Crippen LogP contribution in [0.3, 0.4) is 0 Å². The average molecular weight is 549 g/mol. The zero-order valence-corrected chi connectivity index (χ0v) is 21.8. The number of benzene rings is 2. The molecule has 4 aromatic rings. The van der Waals surface area contributed by atoms with Gasteiger partial charge in [0.2, 0.25) is 5.91 Å². The SMILES string of the molecule is C#CCN(C[CH2])CCCOc1cc2ncnc(Nc3cc(CC(=O)Nc4cc(F)cc(F)c4)[nH]n3)c2cc1OC. The fourth-order valence-electron chi connectivity index (χ4n) is 3.95. The van der Waals surface area contributed by atoms with E-state index >= 15 is 0 Å². The quantitative estimate of drug-likeness (QED) is 0.169. The number of halogens is 2. The minimum Gasteiger partial charge on any atom is -0.493 e. The topological polar surface area (TPSA) is 117 Å². The second-order valence-corrected chi connectivity index (χ2v) is 8.71. The number of hydrogen-bond donors (Lipinski definition) is 3. The van der Waals surface area contributed by atoms with E-state index in [0.717, 1.165) is 31.2 Å². The van der Waals surface area contributed by atoms with Gasteiger partial charge in [0.25, 0.3) is 0 Å². The Hall–Kier alpha value is -4.76. The van der Waals surface area contributed by atoms with Crippen molar-refractivity contribution in [3.63, 3.8) is 0 Å². The molecule has 40 heavy (non-hydrogen) atoms. The molecule has 4 rings (SSSR count). The van der Waals surface area contributed by atoms with Crippen molar-refractivity contribution < 1.29 is 23.0 Å². The van der Waals surface area contributed by atoms with Gasteiger partial charge < -0.3 is 20.1 Å². The van der Waals surface area contributed by atoms with E-state index in [2.05, 4.69) is 43.6 Å². The number of rotatable bonds is 13. The van der Waals surface area contributed by atoms with Crippen molar-refractivity contribution in [2.45, 2.75) is 12.8 Å². The van der Waals surface area contributed by atoms with Crippen molar-refractivity contribution in [3.8, 4) is 23.8 Å². The van der Waals surface area contributed by atoms with Gasteiger partial charge in [-0.1, -0.05) is 5.92 Å². The molecule has 0 unspecified atom stereocenters. The molecule has 0 aliphatic rings. The van der Waals surface area contributed by atoms with E-state index in [-0.39, 0.29) is 12.1 Å². The number of nitrogens with one attached hydrogen (secondary N) is 3. The number of H-pyrrole nitrogens is 1. The summed E-state index contributed by atoms with van der Waals surface area (Å²) in [4.78, 5) is 23.1. The molecule has 3 N–H and O–H groups in total. The van der Waals surface area contributed by atoms with E-state index < -0.39 is 17.5 Å². The van der Waals surface area contributed by atoms with Crippen LogP contribution in [0.25, 0.3) is 10.9 Å². The molecular formula is C28H28F2N7O3. The first-order valence-corrected chi connectivity index (χ1v) is 12.4. The smallest absolute Gasteiger partial charge is 0.230 e. The number of aromatic amines is 1. The third kappa shape index (κ3) is 7.42. The van der Waals surface area contributed by atoms with Gasteiger partial charge in [-0.15, -0.1) is 6.42 Å². The van der Waals surface area contributed by atoms with Crippen molar-refractivity contribution in [1.82, 2.24) is 25.1 Å². The normalized spacial score (nSPS) is 10.9. The lowest BCUT2D eigenvalue weighted by atomic mass is 10.2. The number of ether oxygens (including phenoxy) is 2. The number of terminal acetylenes is 1. The Morgan fingerprint density at radius 1 is 1.15 bits per heavy atom. The monoisotopic (exact) mass is 548 g/mol. The van der Waals surface area contributed by atoms with Crippen LogP contribution in [0.4, 0.5) is 26.1 Å². The largest absolute Gasteiger partial charge is 0.493 e. The van der Waals surface area contributed by atoms with E-state index in [9.17, 15) is 13.6 Å². The molecule has 1 amide bonds. The van der Waals surface area contributed by atoms with Crippen molar-refractivity contribution in [2.75, 3.05) is 44.0 Å². The third-order valence-electron chi connectivity index (χ3n) is 5.80. The Balaban J connectivity index is 1.41. The Labute approximate surface area is 230 Å². The van der Waals surface area contributed by atoms with E-state index in [1.807, 2.05) is 4.90 Å². The molecule has 0 atom stereocenters. The Bertz CT molecular complexity index is 1500. The van der Waals surface area contributed by atoms with Gasteiger partial charge in [0, 0.05) is 41.5 Å². The van der Waals surface area contributed by atoms with Crippen LogP contribution < -0.4 is 20.1 Å². The molecule has 0 saturated carbocycles. The van der Waals surface area contributed by atoms with Crippen molar-refractivity contribution in [2.24, 2.45) is 0 Å². The maximum Gasteiger partial charge on any atom is 0.230 e. The first kappa shape index (κ1) is 28.3. The Kier molecular flexibility index (Phi) is 9.43. The average Bonchev–Trinajstić information content (AvgIpc) is 3.35. The predicted molar refractivity (Wildman–Crippen MR) is 147 cm³/mol. The number of amides is 1. The Morgan fingerprint density at radius 2 is 1.95 bits per heavy atom. The molecule has 0 spiro atoms. The van der Waals surface area contributed by atoms with E-state index in [4.69, 9.17) is 15.9 Å². The van der Waals surface area contributed by atoms with Crippen LogP contribution in [0, 0.1) is 30.9 Å². The van der Waals surface area contributed by atoms with Crippen LogP contribution in [0.5, 0.6) is 11.5 Å². The summed E-state index contributed by atoms with van der Waals surface area (Å²) in [5.74, 6) is 2.50. The minimum atomic E-state index is -0.784. The van der Waals surface area contributed by atoms with Gasteiger partial charge in [-0.25, -0.2) is 18.7 Å². The molecule has 2 aromatic carbocycles. The summed E-state index contributed by atoms with van der Waals surface area (Å²) >= 11 is 0. The number of anilines is 3. The summed E-state index contributed by atoms with van der Waals surface area (Å²) in [6, 6.07) is 7.97. The summed E-state index contributed by atoms with van der Waals surface area (Å²) in [6.07, 6.45) is 7.45. The highest BCUT2D eigenvalue weighted by Crippen LogP contribution is 2.34. The van der Waals surface area contributed by atoms with Crippen LogP contribution >= 0.6 is 0 Å². The van der Waals surface area contributed by atoms with E-state index in [0.29, 0.717) is 59.4 Å². The molecule has 0 bridgehead atoms. The van der Waals surface area contributed by atoms with Crippen LogP contribution in [-0.2, 0) is 11.2 Å². The fourth-order valence-corrected chi connectivity index (χ4v) is 3.95. The van der Waals surface area contributed by atoms with Crippen LogP contribution in [0.1, 0.15) is 12.1 Å². The molecule has 2 aromatic heterocycles. The van der Waals surface area contributed by atoms with Crippen LogP contribution in [0.2, 0.25) is 0 Å². The van der Waals surface area contributed by atoms with Gasteiger partial charge in [-0.05, 0) is 38.1 Å². The van der Waals surface area contributed by atoms with Crippen LogP contribution in [0.15, 0.2) is 42.7 Å². The molecule has 0 aliphatic carbocycles. The minimum absolute atomic E-state index is 0.0224. The first-order chi connectivity index (χ1) is 19.4. The van der Waals surface area contributed by atoms with Gasteiger partial charge in [0.05, 0.1) is 32.2 Å². The number of methoxy groups -OCH3 is 1. The fraction of sp³-hybridized carbons (Fsp3) is 0.250. The first-order valence-electron chi connectivity index (χ1n) is 12.4. The second kappa shape index (κ2) is 13.3. The molecule has 0 saturated heterocycles. The molecule has 12 heteroatoms. The number of carbonyl (C=O) groups is 1. The van der Waals surface area contributed by atoms with Gasteiger partial charge >= 0.3 is 0 Å². The zero-order chi connectivity index (χ0) is 28.5.